The maximum atomic E-state index is 13.3. The molecule has 5 nitrogen and oxygen atoms in total. The molecule has 0 bridgehead atoms. The van der Waals surface area contributed by atoms with Crippen molar-refractivity contribution in [1.29, 1.82) is 0 Å². The van der Waals surface area contributed by atoms with E-state index in [4.69, 9.17) is 4.52 Å². The van der Waals surface area contributed by atoms with E-state index in [1.165, 1.54) is 12.1 Å². The van der Waals surface area contributed by atoms with Crippen LogP contribution in [0.4, 0.5) is 19.1 Å². The number of hydrogen-bond donors (Lipinski definition) is 0. The summed E-state index contributed by atoms with van der Waals surface area (Å²) in [6.07, 6.45) is -1.62. The molecule has 1 amide bonds. The SMILES string of the molecule is CCCN(Cc1c(-c2ccccc2)noc1N1CCCC1)C(=O)c1ccc(C(F)(F)F)cc1. The van der Waals surface area contributed by atoms with E-state index in [1.54, 1.807) is 4.90 Å². The normalized spacial score (nSPS) is 14.0. The second-order valence-corrected chi connectivity index (χ2v) is 8.18. The topological polar surface area (TPSA) is 49.6 Å². The van der Waals surface area contributed by atoms with Crippen LogP contribution in [0, 0.1) is 0 Å². The quantitative estimate of drug-likeness (QED) is 0.436. The highest BCUT2D eigenvalue weighted by Crippen LogP contribution is 2.34. The summed E-state index contributed by atoms with van der Waals surface area (Å²) in [5.74, 6) is 0.339. The van der Waals surface area contributed by atoms with E-state index in [-0.39, 0.29) is 18.0 Å². The Morgan fingerprint density at radius 1 is 1.06 bits per heavy atom. The zero-order valence-corrected chi connectivity index (χ0v) is 18.4. The van der Waals surface area contributed by atoms with Gasteiger partial charge in [-0.1, -0.05) is 42.4 Å². The van der Waals surface area contributed by atoms with E-state index in [1.807, 2.05) is 37.3 Å². The Morgan fingerprint density at radius 2 is 1.73 bits per heavy atom. The molecule has 0 N–H and O–H groups in total. The molecule has 4 rings (SSSR count). The highest BCUT2D eigenvalue weighted by atomic mass is 19.4. The van der Waals surface area contributed by atoms with Crippen molar-refractivity contribution in [2.24, 2.45) is 0 Å². The zero-order valence-electron chi connectivity index (χ0n) is 18.4. The van der Waals surface area contributed by atoms with Crippen LogP contribution in [0.2, 0.25) is 0 Å². The van der Waals surface area contributed by atoms with Crippen molar-refractivity contribution in [2.75, 3.05) is 24.5 Å². The minimum absolute atomic E-state index is 0.219. The second kappa shape index (κ2) is 9.68. The second-order valence-electron chi connectivity index (χ2n) is 8.18. The summed E-state index contributed by atoms with van der Waals surface area (Å²) < 4.78 is 44.6. The lowest BCUT2D eigenvalue weighted by Crippen LogP contribution is -2.32. The lowest BCUT2D eigenvalue weighted by Gasteiger charge is -2.24. The summed E-state index contributed by atoms with van der Waals surface area (Å²) >= 11 is 0. The largest absolute Gasteiger partial charge is 0.416 e. The Morgan fingerprint density at radius 3 is 2.33 bits per heavy atom. The first-order valence-corrected chi connectivity index (χ1v) is 11.1. The minimum Gasteiger partial charge on any atom is -0.340 e. The Bertz CT molecular complexity index is 1070. The van der Waals surface area contributed by atoms with Crippen molar-refractivity contribution < 1.29 is 22.5 Å². The van der Waals surface area contributed by atoms with Gasteiger partial charge in [0.25, 0.3) is 5.91 Å². The number of anilines is 1. The van der Waals surface area contributed by atoms with Crippen molar-refractivity contribution in [3.8, 4) is 11.3 Å². The molecule has 1 fully saturated rings. The van der Waals surface area contributed by atoms with Crippen molar-refractivity contribution in [3.63, 3.8) is 0 Å². The Balaban J connectivity index is 1.67. The van der Waals surface area contributed by atoms with Crippen LogP contribution in [-0.4, -0.2) is 35.6 Å². The van der Waals surface area contributed by atoms with E-state index in [0.29, 0.717) is 24.5 Å². The Hall–Kier alpha value is -3.29. The number of nitrogens with zero attached hydrogens (tertiary/aromatic N) is 3. The number of benzene rings is 2. The summed E-state index contributed by atoms with van der Waals surface area (Å²) in [6.45, 7) is 4.39. The molecule has 2 aromatic carbocycles. The first kappa shape index (κ1) is 22.9. The number of rotatable bonds is 7. The average Bonchev–Trinajstić information content (AvgIpc) is 3.48. The van der Waals surface area contributed by atoms with E-state index < -0.39 is 11.7 Å². The van der Waals surface area contributed by atoms with Crippen LogP contribution >= 0.6 is 0 Å². The molecule has 3 aromatic rings. The zero-order chi connectivity index (χ0) is 23.4. The fraction of sp³-hybridized carbons (Fsp3) is 0.360. The van der Waals surface area contributed by atoms with E-state index in [9.17, 15) is 18.0 Å². The molecule has 0 radical (unpaired) electrons. The lowest BCUT2D eigenvalue weighted by atomic mass is 10.1. The molecule has 1 aliphatic rings. The molecular formula is C25H26F3N3O2. The van der Waals surface area contributed by atoms with Crippen LogP contribution in [0.3, 0.4) is 0 Å². The van der Waals surface area contributed by atoms with Gasteiger partial charge >= 0.3 is 6.18 Å². The molecule has 1 aromatic heterocycles. The molecular weight excluding hydrogens is 431 g/mol. The van der Waals surface area contributed by atoms with Crippen molar-refractivity contribution in [1.82, 2.24) is 10.1 Å². The lowest BCUT2D eigenvalue weighted by molar-refractivity contribution is -0.137. The van der Waals surface area contributed by atoms with Crippen LogP contribution in [0.15, 0.2) is 59.1 Å². The Kier molecular flexibility index (Phi) is 6.72. The number of halogens is 3. The maximum absolute atomic E-state index is 13.3. The molecule has 8 heteroatoms. The summed E-state index contributed by atoms with van der Waals surface area (Å²) in [4.78, 5) is 17.1. The predicted octanol–water partition coefficient (Wildman–Crippen LogP) is 6.01. The van der Waals surface area contributed by atoms with Crippen LogP contribution < -0.4 is 4.90 Å². The third-order valence-electron chi connectivity index (χ3n) is 5.80. The summed E-state index contributed by atoms with van der Waals surface area (Å²) in [5, 5.41) is 4.34. The van der Waals surface area contributed by atoms with Gasteiger partial charge in [-0.3, -0.25) is 4.79 Å². The molecule has 2 heterocycles. The molecule has 33 heavy (non-hydrogen) atoms. The van der Waals surface area contributed by atoms with Gasteiger partial charge in [0.2, 0.25) is 5.88 Å². The fourth-order valence-electron chi connectivity index (χ4n) is 4.13. The van der Waals surface area contributed by atoms with Gasteiger partial charge in [-0.15, -0.1) is 0 Å². The number of amides is 1. The molecule has 0 saturated carbocycles. The van der Waals surface area contributed by atoms with Gasteiger partial charge in [-0.2, -0.15) is 13.2 Å². The van der Waals surface area contributed by atoms with Crippen molar-refractivity contribution in [2.45, 2.75) is 38.9 Å². The molecule has 1 saturated heterocycles. The summed E-state index contributed by atoms with van der Waals surface area (Å²) in [6, 6.07) is 14.0. The number of aromatic nitrogens is 1. The van der Waals surface area contributed by atoms with Gasteiger partial charge in [0.1, 0.15) is 5.69 Å². The van der Waals surface area contributed by atoms with Gasteiger partial charge < -0.3 is 14.3 Å². The monoisotopic (exact) mass is 457 g/mol. The van der Waals surface area contributed by atoms with E-state index >= 15 is 0 Å². The number of hydrogen-bond acceptors (Lipinski definition) is 4. The third kappa shape index (κ3) is 5.05. The summed E-state index contributed by atoms with van der Waals surface area (Å²) in [5.41, 5.74) is 1.83. The maximum Gasteiger partial charge on any atom is 0.416 e. The van der Waals surface area contributed by atoms with Crippen LogP contribution in [0.5, 0.6) is 0 Å². The van der Waals surface area contributed by atoms with Gasteiger partial charge in [0.15, 0.2) is 0 Å². The first-order chi connectivity index (χ1) is 15.9. The standard InChI is InChI=1S/C25H26F3N3O2/c1-2-14-31(23(32)19-10-12-20(13-11-19)25(26,27)28)17-21-22(18-8-4-3-5-9-18)29-33-24(21)30-15-6-7-16-30/h3-5,8-13H,2,6-7,14-17H2,1H3. The van der Waals surface area contributed by atoms with E-state index in [2.05, 4.69) is 10.1 Å². The minimum atomic E-state index is -4.44. The smallest absolute Gasteiger partial charge is 0.340 e. The van der Waals surface area contributed by atoms with Gasteiger partial charge in [-0.05, 0) is 43.5 Å². The third-order valence-corrected chi connectivity index (χ3v) is 5.80. The molecule has 0 unspecified atom stereocenters. The van der Waals surface area contributed by atoms with Crippen molar-refractivity contribution >= 4 is 11.8 Å². The number of carbonyl (C=O) groups excluding carboxylic acids is 1. The van der Waals surface area contributed by atoms with Gasteiger partial charge in [0.05, 0.1) is 17.7 Å². The molecule has 0 aliphatic carbocycles. The number of carbonyl (C=O) groups is 1. The highest BCUT2D eigenvalue weighted by Gasteiger charge is 2.31. The predicted molar refractivity (Wildman–Crippen MR) is 120 cm³/mol. The summed E-state index contributed by atoms with van der Waals surface area (Å²) in [7, 11) is 0. The average molecular weight is 457 g/mol. The number of alkyl halides is 3. The fourth-order valence-corrected chi connectivity index (χ4v) is 4.13. The highest BCUT2D eigenvalue weighted by molar-refractivity contribution is 5.94. The van der Waals surface area contributed by atoms with Crippen LogP contribution in [0.1, 0.15) is 47.7 Å². The van der Waals surface area contributed by atoms with Crippen LogP contribution in [0.25, 0.3) is 11.3 Å². The van der Waals surface area contributed by atoms with E-state index in [0.717, 1.165) is 49.2 Å². The first-order valence-electron chi connectivity index (χ1n) is 11.1. The molecule has 0 atom stereocenters. The Labute approximate surface area is 190 Å². The van der Waals surface area contributed by atoms with Crippen LogP contribution in [-0.2, 0) is 12.7 Å². The van der Waals surface area contributed by atoms with Gasteiger partial charge in [0, 0.05) is 30.8 Å². The molecule has 1 aliphatic heterocycles. The molecule has 174 valence electrons. The van der Waals surface area contributed by atoms with Gasteiger partial charge in [-0.25, -0.2) is 0 Å². The van der Waals surface area contributed by atoms with Crippen molar-refractivity contribution in [3.05, 3.63) is 71.3 Å². The molecule has 0 spiro atoms.